The van der Waals surface area contributed by atoms with Crippen molar-refractivity contribution in [3.05, 3.63) is 34.7 Å². The smallest absolute Gasteiger partial charge is 0.411 e. The third-order valence-electron chi connectivity index (χ3n) is 2.89. The Balaban J connectivity index is 2.22. The second-order valence-corrected chi connectivity index (χ2v) is 5.84. The number of rotatable bonds is 6. The number of hydrogen-bond donors (Lipinski definition) is 1. The fourth-order valence-corrected chi connectivity index (χ4v) is 2.50. The lowest BCUT2D eigenvalue weighted by Crippen LogP contribution is -2.42. The van der Waals surface area contributed by atoms with E-state index < -0.39 is 22.0 Å². The average Bonchev–Trinajstić information content (AvgIpc) is 2.83. The summed E-state index contributed by atoms with van der Waals surface area (Å²) in [7, 11) is -1.92. The zero-order valence-corrected chi connectivity index (χ0v) is 14.4. The van der Waals surface area contributed by atoms with Crippen molar-refractivity contribution < 1.29 is 26.9 Å². The number of ether oxygens (including phenoxy) is 2. The van der Waals surface area contributed by atoms with E-state index in [1.807, 2.05) is 0 Å². The standard InChI is InChI=1S/C13H16N4O7S/c1-4-23-12-14-17(13(19)16(12)2)11(18)15-25(20,21)24-10-8-6-5-7-9(10)22-3/h5-8H,4H2,1-3H3,(H,15,18). The minimum absolute atomic E-state index is 0.131. The van der Waals surface area contributed by atoms with Crippen molar-refractivity contribution in [3.8, 4) is 17.5 Å². The topological polar surface area (TPSA) is 131 Å². The van der Waals surface area contributed by atoms with Gasteiger partial charge in [0.15, 0.2) is 11.5 Å². The van der Waals surface area contributed by atoms with Crippen LogP contribution in [0.3, 0.4) is 0 Å². The van der Waals surface area contributed by atoms with Crippen LogP contribution in [0.5, 0.6) is 17.5 Å². The first-order valence-electron chi connectivity index (χ1n) is 6.97. The molecule has 0 spiro atoms. The highest BCUT2D eigenvalue weighted by Gasteiger charge is 2.24. The summed E-state index contributed by atoms with van der Waals surface area (Å²) in [5.74, 6) is 0.0163. The van der Waals surface area contributed by atoms with Crippen LogP contribution in [-0.4, -0.2) is 42.5 Å². The Labute approximate surface area is 143 Å². The lowest BCUT2D eigenvalue weighted by molar-refractivity contribution is 0.241. The molecule has 0 radical (unpaired) electrons. The summed E-state index contributed by atoms with van der Waals surface area (Å²) in [6.45, 7) is 1.87. The Hall–Kier alpha value is -3.02. The molecule has 0 fully saturated rings. The van der Waals surface area contributed by atoms with Gasteiger partial charge < -0.3 is 13.7 Å². The molecule has 1 aromatic carbocycles. The van der Waals surface area contributed by atoms with Crippen molar-refractivity contribution >= 4 is 16.3 Å². The molecular formula is C13H16N4O7S. The first-order valence-corrected chi connectivity index (χ1v) is 8.38. The third-order valence-corrected chi connectivity index (χ3v) is 3.71. The van der Waals surface area contributed by atoms with Crippen LogP contribution in [0.15, 0.2) is 29.1 Å². The summed E-state index contributed by atoms with van der Waals surface area (Å²) >= 11 is 0. The molecule has 1 amide bonds. The van der Waals surface area contributed by atoms with Crippen LogP contribution in [0.2, 0.25) is 0 Å². The molecule has 25 heavy (non-hydrogen) atoms. The van der Waals surface area contributed by atoms with Gasteiger partial charge in [-0.2, -0.15) is 13.1 Å². The third kappa shape index (κ3) is 4.09. The Morgan fingerprint density at radius 2 is 1.92 bits per heavy atom. The second-order valence-electron chi connectivity index (χ2n) is 4.56. The van der Waals surface area contributed by atoms with Gasteiger partial charge in [0.2, 0.25) is 0 Å². The van der Waals surface area contributed by atoms with E-state index in [0.717, 1.165) is 4.57 Å². The van der Waals surface area contributed by atoms with Gasteiger partial charge in [-0.25, -0.2) is 14.2 Å². The van der Waals surface area contributed by atoms with Gasteiger partial charge in [-0.15, -0.1) is 9.78 Å². The van der Waals surface area contributed by atoms with E-state index in [1.54, 1.807) is 17.7 Å². The summed E-state index contributed by atoms with van der Waals surface area (Å²) in [5, 5.41) is 3.61. The Kier molecular flexibility index (Phi) is 5.32. The molecule has 0 unspecified atom stereocenters. The molecule has 136 valence electrons. The normalized spacial score (nSPS) is 11.0. The van der Waals surface area contributed by atoms with Gasteiger partial charge in [0.1, 0.15) is 0 Å². The largest absolute Gasteiger partial charge is 0.493 e. The molecule has 0 aliphatic rings. The fraction of sp³-hybridized carbons (Fsp3) is 0.308. The highest BCUT2D eigenvalue weighted by molar-refractivity contribution is 7.85. The highest BCUT2D eigenvalue weighted by Crippen LogP contribution is 2.26. The number of hydrogen-bond acceptors (Lipinski definition) is 8. The number of methoxy groups -OCH3 is 1. The monoisotopic (exact) mass is 372 g/mol. The van der Waals surface area contributed by atoms with E-state index >= 15 is 0 Å². The number of amides is 1. The van der Waals surface area contributed by atoms with Gasteiger partial charge in [0, 0.05) is 7.05 Å². The van der Waals surface area contributed by atoms with Crippen molar-refractivity contribution in [2.24, 2.45) is 7.05 Å². The van der Waals surface area contributed by atoms with Crippen molar-refractivity contribution in [2.45, 2.75) is 6.92 Å². The number of aromatic nitrogens is 3. The van der Waals surface area contributed by atoms with E-state index in [9.17, 15) is 18.0 Å². The first kappa shape index (κ1) is 18.3. The fourth-order valence-electron chi connectivity index (χ4n) is 1.78. The van der Waals surface area contributed by atoms with E-state index in [0.29, 0.717) is 4.68 Å². The lowest BCUT2D eigenvalue weighted by Gasteiger charge is -2.10. The summed E-state index contributed by atoms with van der Waals surface area (Å²) in [6, 6.07) is 4.49. The first-order chi connectivity index (χ1) is 11.8. The number of nitrogens with one attached hydrogen (secondary N) is 1. The summed E-state index contributed by atoms with van der Waals surface area (Å²) in [6.07, 6.45) is 0. The van der Waals surface area contributed by atoms with Crippen LogP contribution in [-0.2, 0) is 17.4 Å². The zero-order valence-electron chi connectivity index (χ0n) is 13.6. The molecule has 1 N–H and O–H groups in total. The molecular weight excluding hydrogens is 356 g/mol. The van der Waals surface area contributed by atoms with Crippen LogP contribution < -0.4 is 24.1 Å². The maximum Gasteiger partial charge on any atom is 0.411 e. The predicted octanol–water partition coefficient (Wildman–Crippen LogP) is -0.129. The Bertz CT molecular complexity index is 932. The van der Waals surface area contributed by atoms with E-state index in [1.165, 1.54) is 32.4 Å². The van der Waals surface area contributed by atoms with Gasteiger partial charge in [-0.1, -0.05) is 12.1 Å². The highest BCUT2D eigenvalue weighted by atomic mass is 32.2. The second kappa shape index (κ2) is 7.25. The lowest BCUT2D eigenvalue weighted by atomic mass is 10.3. The van der Waals surface area contributed by atoms with Crippen molar-refractivity contribution in [1.82, 2.24) is 19.1 Å². The summed E-state index contributed by atoms with van der Waals surface area (Å²) in [5.41, 5.74) is -0.881. The van der Waals surface area contributed by atoms with E-state index in [-0.39, 0.29) is 24.1 Å². The van der Waals surface area contributed by atoms with Crippen LogP contribution in [0, 0.1) is 0 Å². The number of carbonyl (C=O) groups is 1. The zero-order chi connectivity index (χ0) is 18.6. The predicted molar refractivity (Wildman–Crippen MR) is 85.1 cm³/mol. The van der Waals surface area contributed by atoms with Gasteiger partial charge in [-0.3, -0.25) is 0 Å². The van der Waals surface area contributed by atoms with Gasteiger partial charge in [0.25, 0.3) is 0 Å². The maximum atomic E-state index is 12.0. The number of nitrogens with zero attached hydrogens (tertiary/aromatic N) is 3. The van der Waals surface area contributed by atoms with E-state index in [4.69, 9.17) is 13.7 Å². The molecule has 0 aliphatic carbocycles. The molecule has 11 nitrogen and oxygen atoms in total. The van der Waals surface area contributed by atoms with E-state index in [2.05, 4.69) is 5.10 Å². The summed E-state index contributed by atoms with van der Waals surface area (Å²) in [4.78, 5) is 23.9. The molecule has 1 heterocycles. The molecule has 0 aliphatic heterocycles. The van der Waals surface area contributed by atoms with Crippen LogP contribution >= 0.6 is 0 Å². The number of carbonyl (C=O) groups excluding carboxylic acids is 1. The minimum Gasteiger partial charge on any atom is -0.493 e. The molecule has 0 saturated heterocycles. The minimum atomic E-state index is -4.58. The van der Waals surface area contributed by atoms with Crippen molar-refractivity contribution in [2.75, 3.05) is 13.7 Å². The van der Waals surface area contributed by atoms with Crippen LogP contribution in [0.25, 0.3) is 0 Å². The number of para-hydroxylation sites is 2. The summed E-state index contributed by atoms with van der Waals surface area (Å²) < 4.78 is 41.6. The molecule has 0 saturated carbocycles. The van der Waals surface area contributed by atoms with Crippen LogP contribution in [0.4, 0.5) is 4.79 Å². The molecule has 1 aromatic heterocycles. The quantitative estimate of drug-likeness (QED) is 0.742. The average molecular weight is 372 g/mol. The SMILES string of the molecule is CCOc1nn(C(=O)NS(=O)(=O)Oc2ccccc2OC)c(=O)n1C. The molecule has 0 bridgehead atoms. The van der Waals surface area contributed by atoms with Gasteiger partial charge >= 0.3 is 28.0 Å². The molecule has 0 atom stereocenters. The van der Waals surface area contributed by atoms with Gasteiger partial charge in [0.05, 0.1) is 13.7 Å². The molecule has 2 aromatic rings. The number of benzene rings is 1. The van der Waals surface area contributed by atoms with Crippen molar-refractivity contribution in [1.29, 1.82) is 0 Å². The Morgan fingerprint density at radius 3 is 2.52 bits per heavy atom. The molecule has 2 rings (SSSR count). The van der Waals surface area contributed by atoms with Crippen molar-refractivity contribution in [3.63, 3.8) is 0 Å². The maximum absolute atomic E-state index is 12.0. The Morgan fingerprint density at radius 1 is 1.28 bits per heavy atom. The van der Waals surface area contributed by atoms with Crippen LogP contribution in [0.1, 0.15) is 6.92 Å². The molecule has 12 heteroatoms. The van der Waals surface area contributed by atoms with Gasteiger partial charge in [-0.05, 0) is 19.1 Å².